The number of rotatable bonds is 3. The van der Waals surface area contributed by atoms with Crippen LogP contribution in [0.5, 0.6) is 0 Å². The quantitative estimate of drug-likeness (QED) is 0.789. The summed E-state index contributed by atoms with van der Waals surface area (Å²) in [5.41, 5.74) is 1.14. The highest BCUT2D eigenvalue weighted by molar-refractivity contribution is 7.10. The van der Waals surface area contributed by atoms with Crippen LogP contribution in [0.1, 0.15) is 24.6 Å². The predicted molar refractivity (Wildman–Crippen MR) is 70.9 cm³/mol. The van der Waals surface area contributed by atoms with Gasteiger partial charge in [-0.3, -0.25) is 0 Å². The minimum atomic E-state index is -1.10. The Bertz CT molecular complexity index is 562. The van der Waals surface area contributed by atoms with Crippen molar-refractivity contribution in [1.82, 2.24) is 5.32 Å². The van der Waals surface area contributed by atoms with Crippen LogP contribution in [0.15, 0.2) is 40.1 Å². The number of carboxylic acids is 2. The number of carbonyl (C=O) groups is 2. The minimum Gasteiger partial charge on any atom is -0.478 e. The molecule has 0 saturated heterocycles. The number of nitrogens with one attached hydrogen (secondary N) is 1. The Kier molecular flexibility index (Phi) is 3.44. The van der Waals surface area contributed by atoms with E-state index in [1.54, 1.807) is 31.4 Å². The van der Waals surface area contributed by atoms with E-state index in [2.05, 4.69) is 5.32 Å². The van der Waals surface area contributed by atoms with Crippen molar-refractivity contribution in [2.75, 3.05) is 0 Å². The molecule has 0 bridgehead atoms. The van der Waals surface area contributed by atoms with Crippen LogP contribution in [0.2, 0.25) is 0 Å². The molecule has 0 radical (unpaired) electrons. The van der Waals surface area contributed by atoms with Gasteiger partial charge in [0, 0.05) is 16.3 Å². The summed E-state index contributed by atoms with van der Waals surface area (Å²) in [6, 6.07) is 3.54. The van der Waals surface area contributed by atoms with E-state index in [1.807, 2.05) is 0 Å². The van der Waals surface area contributed by atoms with Gasteiger partial charge >= 0.3 is 11.9 Å². The molecule has 3 N–H and O–H groups in total. The summed E-state index contributed by atoms with van der Waals surface area (Å²) in [6.07, 6.45) is 0. The van der Waals surface area contributed by atoms with Gasteiger partial charge in [-0.1, -0.05) is 6.07 Å². The van der Waals surface area contributed by atoms with Crippen LogP contribution in [0.3, 0.4) is 0 Å². The zero-order chi connectivity index (χ0) is 14.2. The Balaban J connectivity index is 2.65. The second kappa shape index (κ2) is 4.89. The average Bonchev–Trinajstić information content (AvgIpc) is 2.79. The van der Waals surface area contributed by atoms with E-state index >= 15 is 0 Å². The summed E-state index contributed by atoms with van der Waals surface area (Å²) in [6.45, 7) is 3.29. The second-order valence-electron chi connectivity index (χ2n) is 4.26. The largest absolute Gasteiger partial charge is 0.478 e. The predicted octanol–water partition coefficient (Wildman–Crippen LogP) is 2.15. The van der Waals surface area contributed by atoms with Gasteiger partial charge in [0.1, 0.15) is 0 Å². The fourth-order valence-corrected chi connectivity index (χ4v) is 3.14. The van der Waals surface area contributed by atoms with Crippen molar-refractivity contribution in [3.8, 4) is 0 Å². The molecule has 1 aliphatic rings. The molecule has 0 aliphatic carbocycles. The van der Waals surface area contributed by atoms with Crippen LogP contribution in [-0.2, 0) is 9.59 Å². The highest BCUT2D eigenvalue weighted by Crippen LogP contribution is 2.39. The van der Waals surface area contributed by atoms with Gasteiger partial charge in [-0.25, -0.2) is 9.59 Å². The summed E-state index contributed by atoms with van der Waals surface area (Å²) in [5, 5.41) is 23.4. The van der Waals surface area contributed by atoms with Crippen LogP contribution < -0.4 is 5.32 Å². The monoisotopic (exact) mass is 279 g/mol. The smallest absolute Gasteiger partial charge is 0.334 e. The van der Waals surface area contributed by atoms with Gasteiger partial charge in [0.05, 0.1) is 17.1 Å². The molecule has 2 rings (SSSR count). The highest BCUT2D eigenvalue weighted by atomic mass is 32.1. The van der Waals surface area contributed by atoms with Gasteiger partial charge < -0.3 is 15.5 Å². The van der Waals surface area contributed by atoms with Crippen molar-refractivity contribution in [3.05, 3.63) is 44.9 Å². The standard InChI is InChI=1S/C13H13NO4S/c1-6-9(12(15)16)11(8-4-3-5-19-8)10(13(17)18)7(2)14-6/h3-5,11,14H,1-2H3,(H,15,16)(H,17,18). The molecule has 0 spiro atoms. The van der Waals surface area contributed by atoms with E-state index in [1.165, 1.54) is 11.3 Å². The molecule has 1 aromatic heterocycles. The summed E-state index contributed by atoms with van der Waals surface area (Å²) in [5.74, 6) is -2.93. The molecule has 1 aromatic rings. The van der Waals surface area contributed by atoms with Crippen molar-refractivity contribution >= 4 is 23.3 Å². The Morgan fingerprint density at radius 3 is 2.05 bits per heavy atom. The third kappa shape index (κ3) is 2.26. The fourth-order valence-electron chi connectivity index (χ4n) is 2.30. The van der Waals surface area contributed by atoms with Gasteiger partial charge in [0.25, 0.3) is 0 Å². The summed E-state index contributed by atoms with van der Waals surface area (Å²) >= 11 is 1.35. The topological polar surface area (TPSA) is 86.6 Å². The van der Waals surface area contributed by atoms with Crippen molar-refractivity contribution in [3.63, 3.8) is 0 Å². The summed E-state index contributed by atoms with van der Waals surface area (Å²) in [7, 11) is 0. The number of carboxylic acid groups (broad SMARTS) is 2. The van der Waals surface area contributed by atoms with Gasteiger partial charge in [0.2, 0.25) is 0 Å². The molecule has 0 fully saturated rings. The maximum atomic E-state index is 11.4. The van der Waals surface area contributed by atoms with E-state index in [0.29, 0.717) is 11.4 Å². The Labute approximate surface area is 113 Å². The molecule has 2 heterocycles. The lowest BCUT2D eigenvalue weighted by atomic mass is 9.84. The highest BCUT2D eigenvalue weighted by Gasteiger charge is 2.36. The number of hydrogen-bond donors (Lipinski definition) is 3. The lowest BCUT2D eigenvalue weighted by molar-refractivity contribution is -0.133. The van der Waals surface area contributed by atoms with Gasteiger partial charge in [0.15, 0.2) is 0 Å². The summed E-state index contributed by atoms with van der Waals surface area (Å²) < 4.78 is 0. The normalized spacial score (nSPS) is 16.5. The third-order valence-corrected chi connectivity index (χ3v) is 3.99. The molecule has 19 heavy (non-hydrogen) atoms. The second-order valence-corrected chi connectivity index (χ2v) is 5.24. The molecule has 1 aliphatic heterocycles. The zero-order valence-corrected chi connectivity index (χ0v) is 11.2. The van der Waals surface area contributed by atoms with Crippen LogP contribution in [0.25, 0.3) is 0 Å². The minimum absolute atomic E-state index is 0.0884. The van der Waals surface area contributed by atoms with Crippen LogP contribution in [0.4, 0.5) is 0 Å². The first-order valence-electron chi connectivity index (χ1n) is 5.62. The fraction of sp³-hybridized carbons (Fsp3) is 0.231. The Morgan fingerprint density at radius 1 is 1.16 bits per heavy atom. The SMILES string of the molecule is CC1=C(C(=O)O)C(c2cccs2)C(C(=O)O)=C(C)N1. The van der Waals surface area contributed by atoms with Crippen LogP contribution >= 0.6 is 11.3 Å². The first kappa shape index (κ1) is 13.4. The Hall–Kier alpha value is -2.08. The molecule has 0 atom stereocenters. The average molecular weight is 279 g/mol. The van der Waals surface area contributed by atoms with Crippen molar-refractivity contribution in [2.24, 2.45) is 0 Å². The first-order valence-corrected chi connectivity index (χ1v) is 6.50. The number of aliphatic carboxylic acids is 2. The van der Waals surface area contributed by atoms with Gasteiger partial charge in [-0.2, -0.15) is 0 Å². The molecule has 0 saturated carbocycles. The lowest BCUT2D eigenvalue weighted by Gasteiger charge is -2.27. The van der Waals surface area contributed by atoms with E-state index in [4.69, 9.17) is 0 Å². The first-order chi connectivity index (χ1) is 8.93. The van der Waals surface area contributed by atoms with Gasteiger partial charge in [-0.15, -0.1) is 11.3 Å². The molecule has 0 aromatic carbocycles. The number of allylic oxidation sites excluding steroid dienone is 2. The Morgan fingerprint density at radius 2 is 1.68 bits per heavy atom. The number of thiophene rings is 1. The molecule has 0 unspecified atom stereocenters. The van der Waals surface area contributed by atoms with Crippen molar-refractivity contribution in [1.29, 1.82) is 0 Å². The number of dihydropyridines is 1. The molecule has 100 valence electrons. The van der Waals surface area contributed by atoms with Gasteiger partial charge in [-0.05, 0) is 25.3 Å². The summed E-state index contributed by atoms with van der Waals surface area (Å²) in [4.78, 5) is 23.6. The molecule has 6 heteroatoms. The van der Waals surface area contributed by atoms with Crippen molar-refractivity contribution < 1.29 is 19.8 Å². The van der Waals surface area contributed by atoms with E-state index in [-0.39, 0.29) is 11.1 Å². The number of hydrogen-bond acceptors (Lipinski definition) is 4. The van der Waals surface area contributed by atoms with Crippen LogP contribution in [-0.4, -0.2) is 22.2 Å². The third-order valence-electron chi connectivity index (χ3n) is 3.05. The van der Waals surface area contributed by atoms with E-state index < -0.39 is 17.9 Å². The lowest BCUT2D eigenvalue weighted by Crippen LogP contribution is -2.30. The molecular weight excluding hydrogens is 266 g/mol. The maximum Gasteiger partial charge on any atom is 0.334 e. The maximum absolute atomic E-state index is 11.4. The molecule has 5 nitrogen and oxygen atoms in total. The van der Waals surface area contributed by atoms with Crippen molar-refractivity contribution in [2.45, 2.75) is 19.8 Å². The van der Waals surface area contributed by atoms with Crippen LogP contribution in [0, 0.1) is 0 Å². The van der Waals surface area contributed by atoms with E-state index in [0.717, 1.165) is 4.88 Å². The van der Waals surface area contributed by atoms with E-state index in [9.17, 15) is 19.8 Å². The zero-order valence-electron chi connectivity index (χ0n) is 10.4. The molecule has 0 amide bonds. The molecular formula is C13H13NO4S.